The van der Waals surface area contributed by atoms with Crippen molar-refractivity contribution in [2.75, 3.05) is 6.54 Å². The quantitative estimate of drug-likeness (QED) is 0.812. The Morgan fingerprint density at radius 3 is 3.00 bits per heavy atom. The molecule has 4 heteroatoms. The van der Waals surface area contributed by atoms with Crippen LogP contribution in [0.4, 0.5) is 0 Å². The van der Waals surface area contributed by atoms with Crippen molar-refractivity contribution >= 4 is 0 Å². The lowest BCUT2D eigenvalue weighted by Crippen LogP contribution is -2.22. The number of nitrogens with zero attached hydrogens (tertiary/aromatic N) is 3. The maximum absolute atomic E-state index is 4.18. The summed E-state index contributed by atoms with van der Waals surface area (Å²) in [6.07, 6.45) is 5.77. The van der Waals surface area contributed by atoms with E-state index in [4.69, 9.17) is 0 Å². The molecule has 1 heterocycles. The van der Waals surface area contributed by atoms with Crippen molar-refractivity contribution in [3.05, 3.63) is 12.2 Å². The van der Waals surface area contributed by atoms with Gasteiger partial charge < -0.3 is 5.32 Å². The second kappa shape index (κ2) is 4.75. The number of nitrogens with one attached hydrogen (secondary N) is 1. The standard InChI is InChI=1S/C11H20N4/c1-9-3-4-10(5-9)6-12-7-11-13-8-14-15(11)2/h8-10,12H,3-7H2,1-2H3. The van der Waals surface area contributed by atoms with Crippen molar-refractivity contribution in [2.45, 2.75) is 32.7 Å². The van der Waals surface area contributed by atoms with E-state index in [2.05, 4.69) is 22.3 Å². The Hall–Kier alpha value is -0.900. The summed E-state index contributed by atoms with van der Waals surface area (Å²) in [5.74, 6) is 2.81. The summed E-state index contributed by atoms with van der Waals surface area (Å²) in [6, 6.07) is 0. The Kier molecular flexibility index (Phi) is 3.36. The van der Waals surface area contributed by atoms with Crippen LogP contribution in [0.2, 0.25) is 0 Å². The van der Waals surface area contributed by atoms with Gasteiger partial charge in [-0.25, -0.2) is 4.98 Å². The fourth-order valence-electron chi connectivity index (χ4n) is 2.38. The van der Waals surface area contributed by atoms with Gasteiger partial charge in [-0.15, -0.1) is 0 Å². The number of rotatable bonds is 4. The summed E-state index contributed by atoms with van der Waals surface area (Å²) in [5, 5.41) is 7.51. The third-order valence-corrected chi connectivity index (χ3v) is 3.32. The van der Waals surface area contributed by atoms with Gasteiger partial charge in [0.1, 0.15) is 12.2 Å². The van der Waals surface area contributed by atoms with Crippen LogP contribution in [0.25, 0.3) is 0 Å². The van der Waals surface area contributed by atoms with Gasteiger partial charge in [0.05, 0.1) is 6.54 Å². The van der Waals surface area contributed by atoms with E-state index in [-0.39, 0.29) is 0 Å². The molecule has 1 fully saturated rings. The van der Waals surface area contributed by atoms with Crippen molar-refractivity contribution in [2.24, 2.45) is 18.9 Å². The number of aromatic nitrogens is 3. The normalized spacial score (nSPS) is 26.0. The van der Waals surface area contributed by atoms with Crippen LogP contribution >= 0.6 is 0 Å². The summed E-state index contributed by atoms with van der Waals surface area (Å²) in [4.78, 5) is 4.18. The molecule has 1 aromatic heterocycles. The first-order valence-electron chi connectivity index (χ1n) is 5.79. The lowest BCUT2D eigenvalue weighted by Gasteiger charge is -2.10. The van der Waals surface area contributed by atoms with Crippen LogP contribution < -0.4 is 5.32 Å². The highest BCUT2D eigenvalue weighted by Crippen LogP contribution is 2.29. The molecule has 15 heavy (non-hydrogen) atoms. The molecular formula is C11H20N4. The molecule has 84 valence electrons. The van der Waals surface area contributed by atoms with E-state index in [1.165, 1.54) is 19.3 Å². The lowest BCUT2D eigenvalue weighted by atomic mass is 10.1. The summed E-state index contributed by atoms with van der Waals surface area (Å²) >= 11 is 0. The highest BCUT2D eigenvalue weighted by molar-refractivity contribution is 4.83. The van der Waals surface area contributed by atoms with Crippen molar-refractivity contribution in [3.63, 3.8) is 0 Å². The molecule has 0 spiro atoms. The fraction of sp³-hybridized carbons (Fsp3) is 0.818. The molecule has 2 rings (SSSR count). The molecule has 0 bridgehead atoms. The highest BCUT2D eigenvalue weighted by atomic mass is 15.3. The van der Waals surface area contributed by atoms with Crippen LogP contribution in [-0.2, 0) is 13.6 Å². The number of hydrogen-bond donors (Lipinski definition) is 1. The van der Waals surface area contributed by atoms with E-state index < -0.39 is 0 Å². The Balaban J connectivity index is 1.69. The van der Waals surface area contributed by atoms with E-state index in [1.807, 2.05) is 11.7 Å². The molecule has 0 aromatic carbocycles. The van der Waals surface area contributed by atoms with Crippen LogP contribution in [0.1, 0.15) is 32.0 Å². The average molecular weight is 208 g/mol. The molecule has 1 N–H and O–H groups in total. The van der Waals surface area contributed by atoms with E-state index >= 15 is 0 Å². The average Bonchev–Trinajstić information content (AvgIpc) is 2.77. The van der Waals surface area contributed by atoms with E-state index in [1.54, 1.807) is 6.33 Å². The van der Waals surface area contributed by atoms with Crippen molar-refractivity contribution in [1.82, 2.24) is 20.1 Å². The third-order valence-electron chi connectivity index (χ3n) is 3.32. The third kappa shape index (κ3) is 2.78. The number of hydrogen-bond acceptors (Lipinski definition) is 3. The van der Waals surface area contributed by atoms with E-state index in [0.29, 0.717) is 0 Å². The van der Waals surface area contributed by atoms with Gasteiger partial charge in [0.2, 0.25) is 0 Å². The van der Waals surface area contributed by atoms with Gasteiger partial charge >= 0.3 is 0 Å². The Bertz CT molecular complexity index is 307. The monoisotopic (exact) mass is 208 g/mol. The molecule has 1 aromatic rings. The smallest absolute Gasteiger partial charge is 0.140 e. The Labute approximate surface area is 91.1 Å². The minimum atomic E-state index is 0.835. The van der Waals surface area contributed by atoms with Gasteiger partial charge in [0, 0.05) is 7.05 Å². The summed E-state index contributed by atoms with van der Waals surface area (Å²) in [5.41, 5.74) is 0. The highest BCUT2D eigenvalue weighted by Gasteiger charge is 2.20. The zero-order chi connectivity index (χ0) is 10.7. The second-order valence-electron chi connectivity index (χ2n) is 4.72. The van der Waals surface area contributed by atoms with Gasteiger partial charge in [0.15, 0.2) is 0 Å². The fourth-order valence-corrected chi connectivity index (χ4v) is 2.38. The van der Waals surface area contributed by atoms with Gasteiger partial charge in [-0.3, -0.25) is 4.68 Å². The predicted molar refractivity (Wildman–Crippen MR) is 59.2 cm³/mol. The topological polar surface area (TPSA) is 42.7 Å². The van der Waals surface area contributed by atoms with Crippen LogP contribution in [-0.4, -0.2) is 21.3 Å². The first-order chi connectivity index (χ1) is 7.25. The molecule has 0 radical (unpaired) electrons. The lowest BCUT2D eigenvalue weighted by molar-refractivity contribution is 0.462. The molecule has 0 aliphatic heterocycles. The van der Waals surface area contributed by atoms with E-state index in [9.17, 15) is 0 Å². The zero-order valence-corrected chi connectivity index (χ0v) is 9.61. The first-order valence-corrected chi connectivity index (χ1v) is 5.79. The molecule has 2 atom stereocenters. The van der Waals surface area contributed by atoms with Crippen LogP contribution in [0.3, 0.4) is 0 Å². The molecule has 0 saturated heterocycles. The van der Waals surface area contributed by atoms with Crippen LogP contribution in [0.15, 0.2) is 6.33 Å². The predicted octanol–water partition coefficient (Wildman–Crippen LogP) is 1.34. The van der Waals surface area contributed by atoms with Crippen LogP contribution in [0.5, 0.6) is 0 Å². The summed E-state index contributed by atoms with van der Waals surface area (Å²) in [7, 11) is 1.93. The van der Waals surface area contributed by atoms with E-state index in [0.717, 1.165) is 30.7 Å². The molecular weight excluding hydrogens is 188 g/mol. The molecule has 1 saturated carbocycles. The van der Waals surface area contributed by atoms with Gasteiger partial charge in [-0.05, 0) is 31.2 Å². The van der Waals surface area contributed by atoms with Gasteiger partial charge in [-0.2, -0.15) is 5.10 Å². The second-order valence-corrected chi connectivity index (χ2v) is 4.72. The minimum Gasteiger partial charge on any atom is -0.310 e. The summed E-state index contributed by atoms with van der Waals surface area (Å²) < 4.78 is 1.82. The van der Waals surface area contributed by atoms with Gasteiger partial charge in [-0.1, -0.05) is 13.3 Å². The van der Waals surface area contributed by atoms with Crippen molar-refractivity contribution in [1.29, 1.82) is 0 Å². The van der Waals surface area contributed by atoms with Crippen molar-refractivity contribution < 1.29 is 0 Å². The first kappa shape index (κ1) is 10.6. The summed E-state index contributed by atoms with van der Waals surface area (Å²) in [6.45, 7) is 4.31. The molecule has 1 aliphatic carbocycles. The van der Waals surface area contributed by atoms with Crippen molar-refractivity contribution in [3.8, 4) is 0 Å². The molecule has 4 nitrogen and oxygen atoms in total. The van der Waals surface area contributed by atoms with Crippen LogP contribution in [0, 0.1) is 11.8 Å². The Morgan fingerprint density at radius 2 is 2.40 bits per heavy atom. The largest absolute Gasteiger partial charge is 0.310 e. The minimum absolute atomic E-state index is 0.835. The molecule has 2 unspecified atom stereocenters. The Morgan fingerprint density at radius 1 is 1.53 bits per heavy atom. The molecule has 0 amide bonds. The maximum atomic E-state index is 4.18. The number of aryl methyl sites for hydroxylation is 1. The SMILES string of the molecule is CC1CCC(CNCc2ncnn2C)C1. The maximum Gasteiger partial charge on any atom is 0.140 e. The zero-order valence-electron chi connectivity index (χ0n) is 9.61. The molecule has 1 aliphatic rings. The van der Waals surface area contributed by atoms with Gasteiger partial charge in [0.25, 0.3) is 0 Å².